The number of cyclic esters (lactones) is 1. The van der Waals surface area contributed by atoms with Crippen molar-refractivity contribution in [3.05, 3.63) is 53.9 Å². The number of carbonyl (C=O) groups is 4. The summed E-state index contributed by atoms with van der Waals surface area (Å²) >= 11 is 0. The second-order valence-corrected chi connectivity index (χ2v) is 11.3. The van der Waals surface area contributed by atoms with Gasteiger partial charge in [-0.25, -0.2) is 5.43 Å². The first kappa shape index (κ1) is 30.2. The Labute approximate surface area is 241 Å². The van der Waals surface area contributed by atoms with Gasteiger partial charge in [0.15, 0.2) is 0 Å². The summed E-state index contributed by atoms with van der Waals surface area (Å²) in [5.41, 5.74) is 4.78. The van der Waals surface area contributed by atoms with E-state index in [1.54, 1.807) is 6.92 Å². The van der Waals surface area contributed by atoms with Gasteiger partial charge in [-0.05, 0) is 68.5 Å². The van der Waals surface area contributed by atoms with E-state index in [0.29, 0.717) is 38.6 Å². The van der Waals surface area contributed by atoms with Crippen molar-refractivity contribution >= 4 is 34.5 Å². The van der Waals surface area contributed by atoms with Crippen molar-refractivity contribution in [2.45, 2.75) is 90.4 Å². The Hall–Kier alpha value is -3.79. The third-order valence-corrected chi connectivity index (χ3v) is 7.56. The van der Waals surface area contributed by atoms with E-state index in [4.69, 9.17) is 4.74 Å². The zero-order valence-corrected chi connectivity index (χ0v) is 24.3. The first-order valence-corrected chi connectivity index (χ1v) is 14.5. The van der Waals surface area contributed by atoms with Crippen LogP contribution in [-0.4, -0.2) is 58.4 Å². The molecule has 4 atom stereocenters. The standard InChI is InChI=1S/C31H41N5O5/c1-19(2)28-29(38)33-20(3)30(39)36-15-9-11-26(35-36)31(40)41-21(4)22-13-14-23-18-32-25(17-24(23)16-22)10-7-5-6-8-12-27(37)34-28/h5,7,13-14,16-21,26,28,35H,6,8-12,15H2,1-4H3,(H,33,38)(H,34,37)/b7-5+/t20-,21+,26-,28-/m0/s1. The van der Waals surface area contributed by atoms with E-state index < -0.39 is 36.1 Å². The minimum atomic E-state index is -0.852. The molecule has 220 valence electrons. The molecular weight excluding hydrogens is 522 g/mol. The monoisotopic (exact) mass is 563 g/mol. The number of rotatable bonds is 1. The van der Waals surface area contributed by atoms with Crippen molar-refractivity contribution in [2.24, 2.45) is 5.92 Å². The Kier molecular flexibility index (Phi) is 10.1. The topological polar surface area (TPSA) is 130 Å². The SMILES string of the molecule is CC(C)[C@@H]1NC(=O)CCC/C=C/Cc2cc3cc(ccc3cn2)[C@@H](C)OC(=O)[C@@H]2CCCN(N2)C(=O)[C@H](C)NC1=O. The smallest absolute Gasteiger partial charge is 0.325 e. The molecule has 3 N–H and O–H groups in total. The summed E-state index contributed by atoms with van der Waals surface area (Å²) < 4.78 is 5.81. The van der Waals surface area contributed by atoms with Crippen LogP contribution in [0.5, 0.6) is 0 Å². The van der Waals surface area contributed by atoms with Crippen LogP contribution in [0.3, 0.4) is 0 Å². The zero-order valence-electron chi connectivity index (χ0n) is 24.3. The third-order valence-electron chi connectivity index (χ3n) is 7.56. The molecule has 0 spiro atoms. The molecule has 2 aliphatic rings. The van der Waals surface area contributed by atoms with E-state index in [-0.39, 0.29) is 17.7 Å². The highest BCUT2D eigenvalue weighted by Crippen LogP contribution is 2.24. The Morgan fingerprint density at radius 1 is 1.00 bits per heavy atom. The van der Waals surface area contributed by atoms with Gasteiger partial charge in [0, 0.05) is 36.7 Å². The molecular formula is C31H41N5O5. The summed E-state index contributed by atoms with van der Waals surface area (Å²) in [6, 6.07) is 5.64. The number of benzene rings is 1. The van der Waals surface area contributed by atoms with Crippen LogP contribution in [0.1, 0.15) is 77.2 Å². The lowest BCUT2D eigenvalue weighted by atomic mass is 10.0. The van der Waals surface area contributed by atoms with Crippen molar-refractivity contribution < 1.29 is 23.9 Å². The predicted molar refractivity (Wildman–Crippen MR) is 155 cm³/mol. The number of pyridine rings is 1. The highest BCUT2D eigenvalue weighted by molar-refractivity contribution is 5.92. The Morgan fingerprint density at radius 2 is 1.80 bits per heavy atom. The van der Waals surface area contributed by atoms with Crippen LogP contribution in [0.25, 0.3) is 10.8 Å². The van der Waals surface area contributed by atoms with E-state index in [0.717, 1.165) is 28.5 Å². The quantitative estimate of drug-likeness (QED) is 0.359. The molecule has 1 aromatic carbocycles. The van der Waals surface area contributed by atoms with E-state index in [9.17, 15) is 19.2 Å². The number of fused-ring (bicyclic) bond motifs is 4. The number of ether oxygens (including phenoxy) is 1. The largest absolute Gasteiger partial charge is 0.457 e. The summed E-state index contributed by atoms with van der Waals surface area (Å²) in [7, 11) is 0. The summed E-state index contributed by atoms with van der Waals surface area (Å²) in [5, 5.41) is 8.96. The molecule has 0 saturated carbocycles. The van der Waals surface area contributed by atoms with Gasteiger partial charge < -0.3 is 15.4 Å². The van der Waals surface area contributed by atoms with Crippen molar-refractivity contribution in [2.75, 3.05) is 6.54 Å². The lowest BCUT2D eigenvalue weighted by Gasteiger charge is -2.35. The second kappa shape index (κ2) is 13.7. The Bertz CT molecular complexity index is 1310. The fourth-order valence-corrected chi connectivity index (χ4v) is 5.09. The number of nitrogens with zero attached hydrogens (tertiary/aromatic N) is 2. The van der Waals surface area contributed by atoms with Gasteiger partial charge in [-0.15, -0.1) is 0 Å². The minimum absolute atomic E-state index is 0.168. The van der Waals surface area contributed by atoms with Crippen molar-refractivity contribution in [1.29, 1.82) is 0 Å². The van der Waals surface area contributed by atoms with Crippen LogP contribution in [-0.2, 0) is 30.3 Å². The maximum absolute atomic E-state index is 13.2. The van der Waals surface area contributed by atoms with Gasteiger partial charge in [0.1, 0.15) is 24.2 Å². The molecule has 1 saturated heterocycles. The molecule has 5 bridgehead atoms. The molecule has 10 nitrogen and oxygen atoms in total. The number of nitrogens with one attached hydrogen (secondary N) is 3. The van der Waals surface area contributed by atoms with Crippen molar-refractivity contribution in [3.8, 4) is 0 Å². The zero-order chi connectivity index (χ0) is 29.5. The van der Waals surface area contributed by atoms with Gasteiger partial charge >= 0.3 is 5.97 Å². The van der Waals surface area contributed by atoms with Crippen LogP contribution in [0, 0.1) is 5.92 Å². The van der Waals surface area contributed by atoms with Crippen molar-refractivity contribution in [1.82, 2.24) is 26.1 Å². The number of amides is 3. The van der Waals surface area contributed by atoms with Gasteiger partial charge in [0.2, 0.25) is 11.8 Å². The minimum Gasteiger partial charge on any atom is -0.457 e. The van der Waals surface area contributed by atoms with E-state index >= 15 is 0 Å². The fourth-order valence-electron chi connectivity index (χ4n) is 5.09. The van der Waals surface area contributed by atoms with Crippen LogP contribution in [0.2, 0.25) is 0 Å². The van der Waals surface area contributed by atoms with E-state index in [1.807, 2.05) is 63.4 Å². The maximum Gasteiger partial charge on any atom is 0.325 e. The molecule has 0 radical (unpaired) electrons. The summed E-state index contributed by atoms with van der Waals surface area (Å²) in [6.45, 7) is 7.53. The third kappa shape index (κ3) is 7.91. The molecule has 4 rings (SSSR count). The number of hydrogen-bond acceptors (Lipinski definition) is 7. The molecule has 0 unspecified atom stereocenters. The normalized spacial score (nSPS) is 26.4. The molecule has 1 aromatic heterocycles. The van der Waals surface area contributed by atoms with Crippen molar-refractivity contribution in [3.63, 3.8) is 0 Å². The molecule has 3 amide bonds. The van der Waals surface area contributed by atoms with Gasteiger partial charge in [0.25, 0.3) is 5.91 Å². The number of aromatic nitrogens is 1. The van der Waals surface area contributed by atoms with E-state index in [2.05, 4.69) is 21.0 Å². The van der Waals surface area contributed by atoms with Gasteiger partial charge in [-0.2, -0.15) is 0 Å². The lowest BCUT2D eigenvalue weighted by molar-refractivity contribution is -0.157. The maximum atomic E-state index is 13.2. The van der Waals surface area contributed by atoms with Crippen LogP contribution >= 0.6 is 0 Å². The fraction of sp³-hybridized carbons (Fsp3) is 0.516. The number of allylic oxidation sites excluding steroid dienone is 2. The highest BCUT2D eigenvalue weighted by atomic mass is 16.5. The van der Waals surface area contributed by atoms with Crippen LogP contribution in [0.15, 0.2) is 42.6 Å². The van der Waals surface area contributed by atoms with Gasteiger partial charge in [-0.3, -0.25) is 29.2 Å². The Balaban J connectivity index is 1.56. The number of hydrazine groups is 1. The Morgan fingerprint density at radius 3 is 2.59 bits per heavy atom. The molecule has 10 heteroatoms. The number of hydrogen-bond donors (Lipinski definition) is 3. The summed E-state index contributed by atoms with van der Waals surface area (Å²) in [4.78, 5) is 56.5. The van der Waals surface area contributed by atoms with E-state index in [1.165, 1.54) is 5.01 Å². The summed E-state index contributed by atoms with van der Waals surface area (Å²) in [6.07, 6.45) is 8.90. The molecule has 1 fully saturated rings. The highest BCUT2D eigenvalue weighted by Gasteiger charge is 2.33. The average molecular weight is 564 g/mol. The average Bonchev–Trinajstić information content (AvgIpc) is 2.96. The molecule has 2 aromatic rings. The van der Waals surface area contributed by atoms with Crippen LogP contribution < -0.4 is 16.1 Å². The lowest BCUT2D eigenvalue weighted by Crippen LogP contribution is -2.61. The first-order chi connectivity index (χ1) is 19.6. The molecule has 0 aliphatic carbocycles. The predicted octanol–water partition coefficient (Wildman–Crippen LogP) is 3.26. The molecule has 2 aliphatic heterocycles. The second-order valence-electron chi connectivity index (χ2n) is 11.3. The molecule has 3 heterocycles. The summed E-state index contributed by atoms with van der Waals surface area (Å²) in [5.74, 6) is -1.60. The first-order valence-electron chi connectivity index (χ1n) is 14.5. The number of esters is 1. The van der Waals surface area contributed by atoms with Gasteiger partial charge in [0.05, 0.1) is 0 Å². The van der Waals surface area contributed by atoms with Crippen LogP contribution in [0.4, 0.5) is 0 Å². The number of carbonyl (C=O) groups excluding carboxylic acids is 4. The van der Waals surface area contributed by atoms with Gasteiger partial charge in [-0.1, -0.05) is 38.1 Å². The molecule has 41 heavy (non-hydrogen) atoms.